The molecule has 0 atom stereocenters. The van der Waals surface area contributed by atoms with Gasteiger partial charge in [-0.1, -0.05) is 41.4 Å². The summed E-state index contributed by atoms with van der Waals surface area (Å²) >= 11 is 9.44. The molecule has 2 aromatic rings. The lowest BCUT2D eigenvalue weighted by atomic mass is 10.2. The Morgan fingerprint density at radius 2 is 2.05 bits per heavy atom. The summed E-state index contributed by atoms with van der Waals surface area (Å²) in [6.07, 6.45) is 4.20. The highest BCUT2D eigenvalue weighted by molar-refractivity contribution is 9.08. The second-order valence-corrected chi connectivity index (χ2v) is 5.93. The van der Waals surface area contributed by atoms with Crippen molar-refractivity contribution in [2.75, 3.05) is 0 Å². The number of ether oxygens (including phenoxy) is 1. The number of halogens is 2. The lowest BCUT2D eigenvalue weighted by molar-refractivity contribution is 0.295. The Morgan fingerprint density at radius 3 is 2.71 bits per heavy atom. The second kappa shape index (κ2) is 7.85. The number of hydrogen-bond donors (Lipinski definition) is 0. The molecule has 3 nitrogen and oxygen atoms in total. The number of alkyl halides is 1. The van der Waals surface area contributed by atoms with Gasteiger partial charge in [-0.25, -0.2) is 0 Å². The van der Waals surface area contributed by atoms with E-state index in [1.165, 1.54) is 0 Å². The molecule has 0 aliphatic heterocycles. The highest BCUT2D eigenvalue weighted by Gasteiger charge is 2.09. The Hall–Kier alpha value is -1.000. The van der Waals surface area contributed by atoms with Crippen LogP contribution >= 0.6 is 27.5 Å². The molecule has 0 aliphatic rings. The zero-order valence-electron chi connectivity index (χ0n) is 12.4. The van der Waals surface area contributed by atoms with Crippen LogP contribution in [0.3, 0.4) is 0 Å². The standard InChI is InChI=1S/C16H20BrClN2O/c1-3-15(4-2)20-8-7-14(19-20)11-21-16-6-5-13(18)9-12(16)10-17/h5-9,15H,3-4,10-11H2,1-2H3. The smallest absolute Gasteiger partial charge is 0.132 e. The maximum atomic E-state index is 5.99. The second-order valence-electron chi connectivity index (χ2n) is 4.93. The SMILES string of the molecule is CCC(CC)n1ccc(COc2ccc(Cl)cc2CBr)n1. The van der Waals surface area contributed by atoms with Gasteiger partial charge >= 0.3 is 0 Å². The molecule has 0 saturated heterocycles. The van der Waals surface area contributed by atoms with Gasteiger partial charge in [0.1, 0.15) is 12.4 Å². The lowest BCUT2D eigenvalue weighted by Gasteiger charge is -2.12. The third kappa shape index (κ3) is 4.24. The summed E-state index contributed by atoms with van der Waals surface area (Å²) in [4.78, 5) is 0. The average molecular weight is 372 g/mol. The number of nitrogens with zero attached hydrogens (tertiary/aromatic N) is 2. The Kier molecular flexibility index (Phi) is 6.12. The summed E-state index contributed by atoms with van der Waals surface area (Å²) in [7, 11) is 0. The van der Waals surface area contributed by atoms with E-state index in [1.54, 1.807) is 0 Å². The van der Waals surface area contributed by atoms with Gasteiger partial charge in [-0.2, -0.15) is 5.10 Å². The minimum absolute atomic E-state index is 0.465. The van der Waals surface area contributed by atoms with E-state index in [4.69, 9.17) is 16.3 Å². The van der Waals surface area contributed by atoms with Gasteiger partial charge in [0.25, 0.3) is 0 Å². The quantitative estimate of drug-likeness (QED) is 0.612. The van der Waals surface area contributed by atoms with Crippen LogP contribution in [0.4, 0.5) is 0 Å². The van der Waals surface area contributed by atoms with Gasteiger partial charge in [-0.3, -0.25) is 4.68 Å². The molecule has 0 N–H and O–H groups in total. The van der Waals surface area contributed by atoms with Gasteiger partial charge in [0.15, 0.2) is 0 Å². The van der Waals surface area contributed by atoms with Crippen LogP contribution < -0.4 is 4.74 Å². The third-order valence-corrected chi connectivity index (χ3v) is 4.36. The maximum Gasteiger partial charge on any atom is 0.132 e. The van der Waals surface area contributed by atoms with Gasteiger partial charge in [0.2, 0.25) is 0 Å². The first-order valence-corrected chi connectivity index (χ1v) is 8.69. The molecule has 1 heterocycles. The first-order valence-electron chi connectivity index (χ1n) is 7.19. The predicted molar refractivity (Wildman–Crippen MR) is 90.3 cm³/mol. The molecular weight excluding hydrogens is 352 g/mol. The van der Waals surface area contributed by atoms with E-state index < -0.39 is 0 Å². The molecule has 0 fully saturated rings. The fourth-order valence-electron chi connectivity index (χ4n) is 2.27. The summed E-state index contributed by atoms with van der Waals surface area (Å²) in [5.41, 5.74) is 1.99. The summed E-state index contributed by atoms with van der Waals surface area (Å²) < 4.78 is 7.90. The van der Waals surface area contributed by atoms with Crippen LogP contribution in [0.1, 0.15) is 44.0 Å². The van der Waals surface area contributed by atoms with E-state index in [0.29, 0.717) is 18.0 Å². The third-order valence-electron chi connectivity index (χ3n) is 3.52. The monoisotopic (exact) mass is 370 g/mol. The van der Waals surface area contributed by atoms with Gasteiger partial charge in [0.05, 0.1) is 11.7 Å². The zero-order chi connectivity index (χ0) is 15.2. The zero-order valence-corrected chi connectivity index (χ0v) is 14.7. The van der Waals surface area contributed by atoms with Crippen LogP contribution in [0.2, 0.25) is 5.02 Å². The molecule has 0 amide bonds. The van der Waals surface area contributed by atoms with Crippen LogP contribution in [-0.2, 0) is 11.9 Å². The van der Waals surface area contributed by atoms with E-state index in [9.17, 15) is 0 Å². The van der Waals surface area contributed by atoms with Crippen molar-refractivity contribution in [2.24, 2.45) is 0 Å². The fourth-order valence-corrected chi connectivity index (χ4v) is 2.90. The predicted octanol–water partition coefficient (Wildman–Crippen LogP) is 5.37. The summed E-state index contributed by atoms with van der Waals surface area (Å²) in [5, 5.41) is 6.03. The fraction of sp³-hybridized carbons (Fsp3) is 0.438. The highest BCUT2D eigenvalue weighted by atomic mass is 79.9. The summed E-state index contributed by atoms with van der Waals surface area (Å²) in [6.45, 7) is 4.83. The maximum absolute atomic E-state index is 5.99. The Morgan fingerprint density at radius 1 is 1.29 bits per heavy atom. The largest absolute Gasteiger partial charge is 0.487 e. The average Bonchev–Trinajstić information content (AvgIpc) is 2.96. The van der Waals surface area contributed by atoms with Gasteiger partial charge in [0, 0.05) is 22.1 Å². The number of aromatic nitrogens is 2. The van der Waals surface area contributed by atoms with E-state index in [0.717, 1.165) is 34.9 Å². The number of hydrogen-bond acceptors (Lipinski definition) is 2. The Balaban J connectivity index is 2.03. The van der Waals surface area contributed by atoms with Crippen molar-refractivity contribution in [3.63, 3.8) is 0 Å². The van der Waals surface area contributed by atoms with Crippen LogP contribution in [0.5, 0.6) is 5.75 Å². The van der Waals surface area contributed by atoms with E-state index in [-0.39, 0.29) is 0 Å². The first-order chi connectivity index (χ1) is 10.2. The molecule has 0 spiro atoms. The normalized spacial score (nSPS) is 11.1. The van der Waals surface area contributed by atoms with Crippen LogP contribution in [-0.4, -0.2) is 9.78 Å². The van der Waals surface area contributed by atoms with Crippen molar-refractivity contribution in [1.29, 1.82) is 0 Å². The molecule has 5 heteroatoms. The van der Waals surface area contributed by atoms with Crippen molar-refractivity contribution in [2.45, 2.75) is 44.7 Å². The highest BCUT2D eigenvalue weighted by Crippen LogP contribution is 2.25. The Bertz CT molecular complexity index is 581. The summed E-state index contributed by atoms with van der Waals surface area (Å²) in [5.74, 6) is 0.841. The lowest BCUT2D eigenvalue weighted by Crippen LogP contribution is -2.08. The molecule has 0 unspecified atom stereocenters. The first kappa shape index (κ1) is 16.4. The number of rotatable bonds is 7. The molecule has 1 aromatic heterocycles. The van der Waals surface area contributed by atoms with E-state index in [2.05, 4.69) is 34.9 Å². The van der Waals surface area contributed by atoms with E-state index in [1.807, 2.05) is 35.1 Å². The van der Waals surface area contributed by atoms with Gasteiger partial charge < -0.3 is 4.74 Å². The van der Waals surface area contributed by atoms with Crippen molar-refractivity contribution in [3.05, 3.63) is 46.7 Å². The molecule has 0 aliphatic carbocycles. The minimum atomic E-state index is 0.465. The molecular formula is C16H20BrClN2O. The molecule has 2 rings (SSSR count). The topological polar surface area (TPSA) is 27.1 Å². The van der Waals surface area contributed by atoms with Crippen molar-refractivity contribution in [3.8, 4) is 5.75 Å². The van der Waals surface area contributed by atoms with E-state index >= 15 is 0 Å². The molecule has 114 valence electrons. The molecule has 0 bridgehead atoms. The Labute approximate surface area is 139 Å². The van der Waals surface area contributed by atoms with Crippen LogP contribution in [0.15, 0.2) is 30.5 Å². The molecule has 0 radical (unpaired) electrons. The molecule has 1 aromatic carbocycles. The van der Waals surface area contributed by atoms with Crippen LogP contribution in [0.25, 0.3) is 0 Å². The molecule has 0 saturated carbocycles. The van der Waals surface area contributed by atoms with Gasteiger partial charge in [-0.05, 0) is 37.1 Å². The minimum Gasteiger partial charge on any atom is -0.487 e. The molecule has 21 heavy (non-hydrogen) atoms. The van der Waals surface area contributed by atoms with Crippen molar-refractivity contribution < 1.29 is 4.74 Å². The summed E-state index contributed by atoms with van der Waals surface area (Å²) in [6, 6.07) is 8.13. The number of benzene rings is 1. The van der Waals surface area contributed by atoms with Gasteiger partial charge in [-0.15, -0.1) is 0 Å². The van der Waals surface area contributed by atoms with Crippen molar-refractivity contribution in [1.82, 2.24) is 9.78 Å². The van der Waals surface area contributed by atoms with Crippen molar-refractivity contribution >= 4 is 27.5 Å². The van der Waals surface area contributed by atoms with Crippen LogP contribution in [0, 0.1) is 0 Å².